The first kappa shape index (κ1) is 47.3. The predicted octanol–water partition coefficient (Wildman–Crippen LogP) is 5.71. The fourth-order valence-corrected chi connectivity index (χ4v) is 10.5. The maximum atomic E-state index is 14.3. The molecule has 4 rings (SSSR count). The number of esters is 4. The van der Waals surface area contributed by atoms with Crippen molar-refractivity contribution in [2.75, 3.05) is 19.8 Å². The highest BCUT2D eigenvalue weighted by Gasteiger charge is 2.56. The molecule has 14 nitrogen and oxygen atoms in total. The van der Waals surface area contributed by atoms with Gasteiger partial charge in [-0.15, -0.1) is 20.5 Å². The average Bonchev–Trinajstić information content (AvgIpc) is 3.53. The van der Waals surface area contributed by atoms with Gasteiger partial charge >= 0.3 is 23.9 Å². The lowest BCUT2D eigenvalue weighted by atomic mass is 9.85. The molecule has 0 spiro atoms. The summed E-state index contributed by atoms with van der Waals surface area (Å²) >= 11 is 0. The number of nitrogens with zero attached hydrogens (tertiary/aromatic N) is 2. The van der Waals surface area contributed by atoms with Crippen molar-refractivity contribution in [3.05, 3.63) is 0 Å². The Morgan fingerprint density at radius 1 is 0.526 bits per heavy atom. The Labute approximate surface area is 341 Å². The van der Waals surface area contributed by atoms with Crippen molar-refractivity contribution in [3.63, 3.8) is 0 Å². The van der Waals surface area contributed by atoms with Crippen LogP contribution in [0.1, 0.15) is 149 Å². The van der Waals surface area contributed by atoms with Gasteiger partial charge in [-0.25, -0.2) is 0 Å². The predicted molar refractivity (Wildman–Crippen MR) is 212 cm³/mol. The monoisotopic (exact) mass is 807 g/mol. The average molecular weight is 807 g/mol. The quantitative estimate of drug-likeness (QED) is 0.162. The van der Waals surface area contributed by atoms with E-state index < -0.39 is 76.8 Å². The van der Waals surface area contributed by atoms with Crippen molar-refractivity contribution in [2.24, 2.45) is 29.6 Å². The molecule has 0 aromatic carbocycles. The van der Waals surface area contributed by atoms with Crippen LogP contribution in [-0.2, 0) is 48.5 Å². The van der Waals surface area contributed by atoms with Gasteiger partial charge in [0.25, 0.3) is 0 Å². The summed E-state index contributed by atoms with van der Waals surface area (Å²) in [7, 11) is 0. The molecular formula is C43H74N4O10. The summed E-state index contributed by atoms with van der Waals surface area (Å²) in [5.74, 6) is -6.59. The SMILES string of the molecule is CC1(C)CC(COC(=O)C(CC(=O)OCC2CC(C)(C)N([O])C2(C)C)C(CC(=O)OC2CC(C)(C)N([O])C2(C)C)C(=O)OCC2CC(C)(C)NC2(C)C)C(C)(C)N1. The Morgan fingerprint density at radius 3 is 1.26 bits per heavy atom. The van der Waals surface area contributed by atoms with E-state index in [1.807, 2.05) is 55.4 Å². The molecule has 57 heavy (non-hydrogen) atoms. The minimum Gasteiger partial charge on any atom is -0.465 e. The van der Waals surface area contributed by atoms with E-state index in [2.05, 4.69) is 38.3 Å². The third-order valence-corrected chi connectivity index (χ3v) is 13.7. The summed E-state index contributed by atoms with van der Waals surface area (Å²) in [5, 5.41) is 35.3. The summed E-state index contributed by atoms with van der Waals surface area (Å²) in [4.78, 5) is 56.4. The van der Waals surface area contributed by atoms with Gasteiger partial charge in [-0.05, 0) is 130 Å². The highest BCUT2D eigenvalue weighted by molar-refractivity contribution is 5.88. The number of ether oxygens (including phenoxy) is 4. The van der Waals surface area contributed by atoms with E-state index in [0.29, 0.717) is 19.3 Å². The first-order chi connectivity index (χ1) is 25.6. The van der Waals surface area contributed by atoms with Crippen LogP contribution in [0.4, 0.5) is 0 Å². The van der Waals surface area contributed by atoms with E-state index in [1.54, 1.807) is 27.7 Å². The molecule has 14 heteroatoms. The van der Waals surface area contributed by atoms with Crippen LogP contribution in [0.3, 0.4) is 0 Å². The summed E-state index contributed by atoms with van der Waals surface area (Å²) in [6.07, 6.45) is 0.230. The fourth-order valence-electron chi connectivity index (χ4n) is 10.5. The van der Waals surface area contributed by atoms with Crippen molar-refractivity contribution in [2.45, 2.75) is 200 Å². The van der Waals surface area contributed by atoms with Gasteiger partial charge < -0.3 is 29.6 Å². The van der Waals surface area contributed by atoms with E-state index in [-0.39, 0.29) is 66.2 Å². The fraction of sp³-hybridized carbons (Fsp3) is 0.907. The Bertz CT molecular complexity index is 1520. The first-order valence-corrected chi connectivity index (χ1v) is 20.9. The summed E-state index contributed by atoms with van der Waals surface area (Å²) in [6, 6.07) is 0. The number of carbonyl (C=O) groups excluding carboxylic acids is 4. The Kier molecular flexibility index (Phi) is 13.2. The highest BCUT2D eigenvalue weighted by atomic mass is 16.6. The van der Waals surface area contributed by atoms with Crippen LogP contribution >= 0.6 is 0 Å². The topological polar surface area (TPSA) is 176 Å². The van der Waals surface area contributed by atoms with Crippen LogP contribution in [0.2, 0.25) is 0 Å². The number of nitrogens with one attached hydrogen (secondary N) is 2. The second-order valence-corrected chi connectivity index (χ2v) is 22.4. The van der Waals surface area contributed by atoms with Gasteiger partial charge in [0.1, 0.15) is 6.10 Å². The largest absolute Gasteiger partial charge is 0.465 e. The molecule has 2 radical (unpaired) electrons. The molecule has 0 aromatic rings. The van der Waals surface area contributed by atoms with Crippen LogP contribution in [0.25, 0.3) is 0 Å². The molecule has 4 heterocycles. The van der Waals surface area contributed by atoms with Crippen LogP contribution < -0.4 is 10.6 Å². The normalized spacial score (nSPS) is 31.3. The van der Waals surface area contributed by atoms with Crippen molar-refractivity contribution in [1.82, 2.24) is 20.8 Å². The Balaban J connectivity index is 1.63. The maximum Gasteiger partial charge on any atom is 0.310 e. The van der Waals surface area contributed by atoms with Crippen molar-refractivity contribution >= 4 is 23.9 Å². The molecule has 326 valence electrons. The molecule has 6 atom stereocenters. The number of carbonyl (C=O) groups is 4. The van der Waals surface area contributed by atoms with Gasteiger partial charge in [0, 0.05) is 57.4 Å². The molecule has 4 aliphatic rings. The standard InChI is InChI=1S/C43H74N4O10/c1-36(2)19-26(40(9,10)44-36)23-55-34(50)29(17-32(48)54-25-28-21-38(5,6)46(52)42(28,13)14)30(35(51)56-24-27-20-37(3,4)45-41(27,11)12)18-33(49)57-31-22-39(7,8)47(53)43(31,15)16/h26-31,44-45H,17-25H2,1-16H3. The van der Waals surface area contributed by atoms with E-state index in [9.17, 15) is 29.6 Å². The van der Waals surface area contributed by atoms with Gasteiger partial charge in [-0.3, -0.25) is 19.2 Å². The number of hydrogen-bond donors (Lipinski definition) is 2. The molecule has 0 saturated carbocycles. The van der Waals surface area contributed by atoms with Gasteiger partial charge in [-0.1, -0.05) is 0 Å². The van der Waals surface area contributed by atoms with Crippen LogP contribution in [-0.4, -0.2) is 104 Å². The Hall–Kier alpha value is -2.36. The molecule has 0 aliphatic carbocycles. The van der Waals surface area contributed by atoms with E-state index in [1.165, 1.54) is 0 Å². The summed E-state index contributed by atoms with van der Waals surface area (Å²) in [6.45, 7) is 30.7. The molecule has 4 aliphatic heterocycles. The molecule has 2 N–H and O–H groups in total. The molecule has 4 saturated heterocycles. The minimum absolute atomic E-state index is 0.0181. The molecule has 0 bridgehead atoms. The lowest BCUT2D eigenvalue weighted by Gasteiger charge is -2.33. The van der Waals surface area contributed by atoms with E-state index in [4.69, 9.17) is 18.9 Å². The van der Waals surface area contributed by atoms with Crippen LogP contribution in [0.15, 0.2) is 0 Å². The molecule has 0 aromatic heterocycles. The zero-order valence-electron chi connectivity index (χ0n) is 37.8. The van der Waals surface area contributed by atoms with E-state index in [0.717, 1.165) is 10.1 Å². The molecular weight excluding hydrogens is 732 g/mol. The van der Waals surface area contributed by atoms with Gasteiger partial charge in [0.2, 0.25) is 0 Å². The van der Waals surface area contributed by atoms with Crippen LogP contribution in [0.5, 0.6) is 0 Å². The second-order valence-electron chi connectivity index (χ2n) is 22.4. The smallest absolute Gasteiger partial charge is 0.310 e. The first-order valence-electron chi connectivity index (χ1n) is 20.9. The van der Waals surface area contributed by atoms with Crippen molar-refractivity contribution in [3.8, 4) is 0 Å². The van der Waals surface area contributed by atoms with E-state index >= 15 is 0 Å². The zero-order valence-corrected chi connectivity index (χ0v) is 37.8. The van der Waals surface area contributed by atoms with Crippen molar-refractivity contribution < 1.29 is 48.5 Å². The number of hydroxylamine groups is 4. The highest BCUT2D eigenvalue weighted by Crippen LogP contribution is 2.45. The third-order valence-electron chi connectivity index (χ3n) is 13.7. The number of hydrogen-bond acceptors (Lipinski definition) is 12. The maximum absolute atomic E-state index is 14.3. The third kappa shape index (κ3) is 10.5. The number of rotatable bonds is 14. The summed E-state index contributed by atoms with van der Waals surface area (Å²) in [5.41, 5.74) is -4.49. The van der Waals surface area contributed by atoms with Gasteiger partial charge in [0.05, 0.1) is 55.6 Å². The lowest BCUT2D eigenvalue weighted by Crippen LogP contribution is -2.48. The zero-order chi connectivity index (χ0) is 43.5. The molecule has 4 fully saturated rings. The van der Waals surface area contributed by atoms with Crippen LogP contribution in [0, 0.1) is 29.6 Å². The van der Waals surface area contributed by atoms with Crippen molar-refractivity contribution in [1.29, 1.82) is 0 Å². The molecule has 6 unspecified atom stereocenters. The second kappa shape index (κ2) is 15.9. The van der Waals surface area contributed by atoms with Gasteiger partial charge in [0.15, 0.2) is 0 Å². The summed E-state index contributed by atoms with van der Waals surface area (Å²) < 4.78 is 23.7. The Morgan fingerprint density at radius 2 is 0.912 bits per heavy atom. The lowest BCUT2D eigenvalue weighted by molar-refractivity contribution is -0.252. The minimum atomic E-state index is -1.46. The van der Waals surface area contributed by atoms with Gasteiger partial charge in [-0.2, -0.15) is 0 Å². The molecule has 0 amide bonds.